The van der Waals surface area contributed by atoms with Crippen molar-refractivity contribution in [2.45, 2.75) is 35.3 Å². The van der Waals surface area contributed by atoms with Crippen molar-refractivity contribution < 1.29 is 35.0 Å². The van der Waals surface area contributed by atoms with Gasteiger partial charge >= 0.3 is 0 Å². The first-order valence-corrected chi connectivity index (χ1v) is 4.06. The molecule has 0 saturated heterocycles. The van der Waals surface area contributed by atoms with Crippen molar-refractivity contribution in [3.63, 3.8) is 0 Å². The normalized spacial score (nSPS) is 60.0. The summed E-state index contributed by atoms with van der Waals surface area (Å²) in [4.78, 5) is 0. The highest BCUT2D eigenvalue weighted by Gasteiger charge is 2.67. The standard InChI is InChI=1S/C6H10ClFO6/c7-5(13)3(11)1(9)2(10)4(12)6(5,8)14/h1-4,9-14H/t1-,2-,3-,4+,5+,6-/m1/s1. The Morgan fingerprint density at radius 1 is 0.929 bits per heavy atom. The number of aliphatic hydroxyl groups excluding tert-OH is 4. The topological polar surface area (TPSA) is 121 Å². The van der Waals surface area contributed by atoms with Crippen molar-refractivity contribution in [1.29, 1.82) is 0 Å². The second kappa shape index (κ2) is 3.24. The summed E-state index contributed by atoms with van der Waals surface area (Å²) >= 11 is 5.02. The summed E-state index contributed by atoms with van der Waals surface area (Å²) in [5, 5.41) is 50.6. The Kier molecular flexibility index (Phi) is 2.79. The molecule has 1 rings (SSSR count). The summed E-state index contributed by atoms with van der Waals surface area (Å²) in [6.45, 7) is 0. The summed E-state index contributed by atoms with van der Waals surface area (Å²) in [7, 11) is 0. The SMILES string of the molecule is O[C@@H]1[C@@H](O)[C@H](O)[C@](O)(F)[C@](O)(Cl)[C@@H]1O. The van der Waals surface area contributed by atoms with Gasteiger partial charge in [-0.2, -0.15) is 0 Å². The van der Waals surface area contributed by atoms with E-state index in [-0.39, 0.29) is 0 Å². The molecular weight excluding hydrogens is 223 g/mol. The van der Waals surface area contributed by atoms with Crippen molar-refractivity contribution in [2.24, 2.45) is 0 Å². The van der Waals surface area contributed by atoms with Gasteiger partial charge in [0.1, 0.15) is 24.4 Å². The molecule has 0 aromatic carbocycles. The van der Waals surface area contributed by atoms with E-state index in [0.29, 0.717) is 0 Å². The minimum atomic E-state index is -3.83. The summed E-state index contributed by atoms with van der Waals surface area (Å²) in [6, 6.07) is 0. The summed E-state index contributed by atoms with van der Waals surface area (Å²) in [5.41, 5.74) is 0. The molecule has 1 aliphatic rings. The zero-order chi connectivity index (χ0) is 11.3. The summed E-state index contributed by atoms with van der Waals surface area (Å²) in [5.74, 6) is -3.83. The molecule has 0 aromatic rings. The van der Waals surface area contributed by atoms with Crippen LogP contribution in [0.1, 0.15) is 0 Å². The lowest BCUT2D eigenvalue weighted by molar-refractivity contribution is -0.330. The monoisotopic (exact) mass is 232 g/mol. The van der Waals surface area contributed by atoms with Crippen LogP contribution in [0.15, 0.2) is 0 Å². The molecule has 0 bridgehead atoms. The highest BCUT2D eigenvalue weighted by molar-refractivity contribution is 6.24. The van der Waals surface area contributed by atoms with Crippen LogP contribution >= 0.6 is 11.6 Å². The summed E-state index contributed by atoms with van der Waals surface area (Å²) in [6.07, 6.45) is -9.08. The van der Waals surface area contributed by atoms with E-state index in [4.69, 9.17) is 42.2 Å². The van der Waals surface area contributed by atoms with Crippen LogP contribution in [0.4, 0.5) is 4.39 Å². The van der Waals surface area contributed by atoms with Gasteiger partial charge in [0.15, 0.2) is 0 Å². The molecule has 1 saturated carbocycles. The molecule has 6 atom stereocenters. The van der Waals surface area contributed by atoms with Gasteiger partial charge in [0.05, 0.1) is 0 Å². The van der Waals surface area contributed by atoms with E-state index in [1.54, 1.807) is 0 Å². The van der Waals surface area contributed by atoms with Gasteiger partial charge in [-0.1, -0.05) is 11.6 Å². The van der Waals surface area contributed by atoms with E-state index < -0.39 is 35.3 Å². The smallest absolute Gasteiger partial charge is 0.281 e. The lowest BCUT2D eigenvalue weighted by atomic mass is 9.82. The third-order valence-corrected chi connectivity index (χ3v) is 2.76. The van der Waals surface area contributed by atoms with Gasteiger partial charge < -0.3 is 30.6 Å². The average Bonchev–Trinajstić information content (AvgIpc) is 2.10. The largest absolute Gasteiger partial charge is 0.387 e. The zero-order valence-electron chi connectivity index (χ0n) is 6.75. The van der Waals surface area contributed by atoms with Crippen LogP contribution in [0.5, 0.6) is 0 Å². The predicted octanol–water partition coefficient (Wildman–Crippen LogP) is -2.97. The molecule has 0 heterocycles. The molecule has 0 radical (unpaired) electrons. The van der Waals surface area contributed by atoms with Crippen LogP contribution in [0, 0.1) is 0 Å². The maximum atomic E-state index is 13.2. The van der Waals surface area contributed by atoms with E-state index >= 15 is 0 Å². The molecule has 6 N–H and O–H groups in total. The third-order valence-electron chi connectivity index (χ3n) is 2.27. The minimum Gasteiger partial charge on any atom is -0.387 e. The van der Waals surface area contributed by atoms with Crippen LogP contribution in [0.2, 0.25) is 0 Å². The Morgan fingerprint density at radius 2 is 1.29 bits per heavy atom. The van der Waals surface area contributed by atoms with Crippen molar-refractivity contribution in [1.82, 2.24) is 0 Å². The van der Waals surface area contributed by atoms with Gasteiger partial charge in [-0.15, -0.1) is 0 Å². The fraction of sp³-hybridized carbons (Fsp3) is 1.00. The van der Waals surface area contributed by atoms with Crippen LogP contribution in [-0.4, -0.2) is 66.0 Å². The van der Waals surface area contributed by atoms with Crippen molar-refractivity contribution in [2.75, 3.05) is 0 Å². The Morgan fingerprint density at radius 3 is 1.71 bits per heavy atom. The van der Waals surface area contributed by atoms with E-state index in [1.807, 2.05) is 0 Å². The second-order valence-corrected chi connectivity index (χ2v) is 3.79. The van der Waals surface area contributed by atoms with Gasteiger partial charge in [0.25, 0.3) is 5.85 Å². The average molecular weight is 233 g/mol. The molecule has 84 valence electrons. The van der Waals surface area contributed by atoms with Gasteiger partial charge in [-0.05, 0) is 0 Å². The molecular formula is C6H10ClFO6. The molecule has 1 fully saturated rings. The number of alkyl halides is 2. The van der Waals surface area contributed by atoms with Crippen LogP contribution in [0.3, 0.4) is 0 Å². The Bertz CT molecular complexity index is 210. The molecule has 0 spiro atoms. The molecule has 0 aliphatic heterocycles. The lowest BCUT2D eigenvalue weighted by Gasteiger charge is -2.47. The molecule has 8 heteroatoms. The van der Waals surface area contributed by atoms with Gasteiger partial charge in [0, 0.05) is 0 Å². The quantitative estimate of drug-likeness (QED) is 0.248. The maximum Gasteiger partial charge on any atom is 0.281 e. The summed E-state index contributed by atoms with van der Waals surface area (Å²) < 4.78 is 13.2. The number of rotatable bonds is 0. The molecule has 0 amide bonds. The highest BCUT2D eigenvalue weighted by atomic mass is 35.5. The van der Waals surface area contributed by atoms with Crippen LogP contribution in [0.25, 0.3) is 0 Å². The van der Waals surface area contributed by atoms with E-state index in [0.717, 1.165) is 0 Å². The van der Waals surface area contributed by atoms with E-state index in [1.165, 1.54) is 0 Å². The number of hydrogen-bond donors (Lipinski definition) is 6. The first-order chi connectivity index (χ1) is 6.14. The lowest BCUT2D eigenvalue weighted by Crippen LogP contribution is -2.73. The predicted molar refractivity (Wildman–Crippen MR) is 40.9 cm³/mol. The molecule has 6 nitrogen and oxygen atoms in total. The van der Waals surface area contributed by atoms with Crippen LogP contribution in [-0.2, 0) is 0 Å². The first kappa shape index (κ1) is 12.1. The minimum absolute atomic E-state index is 2.07. The first-order valence-electron chi connectivity index (χ1n) is 3.69. The maximum absolute atomic E-state index is 13.2. The fourth-order valence-electron chi connectivity index (χ4n) is 1.24. The van der Waals surface area contributed by atoms with Crippen molar-refractivity contribution in [3.8, 4) is 0 Å². The Labute approximate surface area is 82.8 Å². The number of halogens is 2. The van der Waals surface area contributed by atoms with Gasteiger partial charge in [0.2, 0.25) is 5.06 Å². The van der Waals surface area contributed by atoms with Crippen LogP contribution < -0.4 is 0 Å². The van der Waals surface area contributed by atoms with Crippen molar-refractivity contribution in [3.05, 3.63) is 0 Å². The van der Waals surface area contributed by atoms with Crippen molar-refractivity contribution >= 4 is 11.6 Å². The highest BCUT2D eigenvalue weighted by Crippen LogP contribution is 2.41. The molecule has 0 aromatic heterocycles. The zero-order valence-corrected chi connectivity index (χ0v) is 7.50. The Balaban J connectivity index is 3.10. The fourth-order valence-corrected chi connectivity index (χ4v) is 1.48. The van der Waals surface area contributed by atoms with E-state index in [2.05, 4.69) is 0 Å². The molecule has 14 heavy (non-hydrogen) atoms. The molecule has 0 unspecified atom stereocenters. The molecule has 1 aliphatic carbocycles. The third kappa shape index (κ3) is 1.33. The number of aliphatic hydroxyl groups is 6. The second-order valence-electron chi connectivity index (χ2n) is 3.22. The Hall–Kier alpha value is -0.0200. The van der Waals surface area contributed by atoms with Gasteiger partial charge in [-0.25, -0.2) is 4.39 Å². The van der Waals surface area contributed by atoms with E-state index in [9.17, 15) is 4.39 Å². The number of hydrogen-bond acceptors (Lipinski definition) is 6. The van der Waals surface area contributed by atoms with Gasteiger partial charge in [-0.3, -0.25) is 0 Å².